The molecule has 3 aromatic rings. The van der Waals surface area contributed by atoms with Crippen molar-refractivity contribution in [2.24, 2.45) is 5.92 Å². The topological polar surface area (TPSA) is 59.2 Å². The predicted molar refractivity (Wildman–Crippen MR) is 113 cm³/mol. The highest BCUT2D eigenvalue weighted by Gasteiger charge is 2.31. The van der Waals surface area contributed by atoms with Crippen LogP contribution in [0.3, 0.4) is 0 Å². The number of aryl methyl sites for hydroxylation is 1. The molecule has 1 atom stereocenters. The Labute approximate surface area is 184 Å². The van der Waals surface area contributed by atoms with E-state index in [1.807, 2.05) is 31.2 Å². The van der Waals surface area contributed by atoms with E-state index in [0.717, 1.165) is 36.1 Å². The van der Waals surface area contributed by atoms with Gasteiger partial charge in [-0.15, -0.1) is 0 Å². The van der Waals surface area contributed by atoms with Gasteiger partial charge in [-0.05, 0) is 42.9 Å². The first-order valence-corrected chi connectivity index (χ1v) is 10.6. The van der Waals surface area contributed by atoms with Gasteiger partial charge in [0.1, 0.15) is 0 Å². The molecular formula is C24H24F3N3O2. The monoisotopic (exact) mass is 443 g/mol. The van der Waals surface area contributed by atoms with Crippen LogP contribution < -0.4 is 0 Å². The molecule has 0 saturated carbocycles. The number of hydrogen-bond donors (Lipinski definition) is 0. The average molecular weight is 443 g/mol. The number of carbonyl (C=O) groups excluding carboxylic acids is 1. The van der Waals surface area contributed by atoms with Gasteiger partial charge >= 0.3 is 6.18 Å². The second-order valence-corrected chi connectivity index (χ2v) is 8.25. The van der Waals surface area contributed by atoms with Crippen molar-refractivity contribution in [3.63, 3.8) is 0 Å². The lowest BCUT2D eigenvalue weighted by molar-refractivity contribution is -0.138. The molecule has 168 valence electrons. The molecule has 1 aliphatic heterocycles. The fraction of sp³-hybridized carbons (Fsp3) is 0.375. The number of piperidine rings is 1. The SMILES string of the molecule is Cc1ccccc1-c1noc(C[C@@H]2CCCN(C(=O)Cc3cccc(C(F)(F)F)c3)C2)n1. The zero-order valence-corrected chi connectivity index (χ0v) is 17.7. The summed E-state index contributed by atoms with van der Waals surface area (Å²) in [5.41, 5.74) is 1.61. The molecule has 2 aromatic carbocycles. The Hall–Kier alpha value is -3.16. The summed E-state index contributed by atoms with van der Waals surface area (Å²) in [4.78, 5) is 19.0. The fourth-order valence-corrected chi connectivity index (χ4v) is 4.12. The zero-order valence-electron chi connectivity index (χ0n) is 17.7. The van der Waals surface area contributed by atoms with Crippen molar-refractivity contribution in [3.8, 4) is 11.4 Å². The molecule has 4 rings (SSSR count). The standard InChI is InChI=1S/C24H24F3N3O2/c1-16-6-2-3-10-20(16)23-28-21(32-29-23)13-18-8-5-11-30(15-18)22(31)14-17-7-4-9-19(12-17)24(25,26)27/h2-4,6-7,9-10,12,18H,5,8,11,13-15H2,1H3/t18-/m0/s1. The van der Waals surface area contributed by atoms with Crippen molar-refractivity contribution in [1.29, 1.82) is 0 Å². The molecule has 0 unspecified atom stereocenters. The summed E-state index contributed by atoms with van der Waals surface area (Å²) < 4.78 is 44.2. The van der Waals surface area contributed by atoms with Gasteiger partial charge in [0.25, 0.3) is 0 Å². The number of rotatable bonds is 5. The Morgan fingerprint density at radius 1 is 1.19 bits per heavy atom. The van der Waals surface area contributed by atoms with E-state index in [-0.39, 0.29) is 18.2 Å². The molecule has 1 amide bonds. The molecule has 8 heteroatoms. The maximum Gasteiger partial charge on any atom is 0.416 e. The highest BCUT2D eigenvalue weighted by Crippen LogP contribution is 2.30. The molecule has 1 aromatic heterocycles. The minimum Gasteiger partial charge on any atom is -0.342 e. The van der Waals surface area contributed by atoms with E-state index in [9.17, 15) is 18.0 Å². The number of halogens is 3. The molecule has 0 bridgehead atoms. The molecular weight excluding hydrogens is 419 g/mol. The van der Waals surface area contributed by atoms with Gasteiger partial charge in [-0.2, -0.15) is 18.2 Å². The maximum atomic E-state index is 12.9. The summed E-state index contributed by atoms with van der Waals surface area (Å²) >= 11 is 0. The molecule has 2 heterocycles. The summed E-state index contributed by atoms with van der Waals surface area (Å²) in [5.74, 6) is 1.08. The van der Waals surface area contributed by atoms with Gasteiger partial charge in [0, 0.05) is 25.1 Å². The predicted octanol–water partition coefficient (Wildman–Crippen LogP) is 5.09. The Kier molecular flexibility index (Phi) is 6.30. The van der Waals surface area contributed by atoms with Crippen LogP contribution in [0, 0.1) is 12.8 Å². The number of aromatic nitrogens is 2. The van der Waals surface area contributed by atoms with Crippen LogP contribution in [0.2, 0.25) is 0 Å². The Morgan fingerprint density at radius 2 is 2.00 bits per heavy atom. The third-order valence-electron chi connectivity index (χ3n) is 5.80. The van der Waals surface area contributed by atoms with Crippen LogP contribution in [-0.2, 0) is 23.8 Å². The number of likely N-dealkylation sites (tertiary alicyclic amines) is 1. The van der Waals surface area contributed by atoms with E-state index in [0.29, 0.717) is 36.8 Å². The van der Waals surface area contributed by atoms with Gasteiger partial charge in [0.2, 0.25) is 17.6 Å². The lowest BCUT2D eigenvalue weighted by atomic mass is 9.94. The van der Waals surface area contributed by atoms with Gasteiger partial charge in [0.05, 0.1) is 12.0 Å². The highest BCUT2D eigenvalue weighted by atomic mass is 19.4. The Balaban J connectivity index is 1.38. The van der Waals surface area contributed by atoms with Crippen LogP contribution in [0.1, 0.15) is 35.4 Å². The molecule has 0 N–H and O–H groups in total. The van der Waals surface area contributed by atoms with Crippen LogP contribution >= 0.6 is 0 Å². The van der Waals surface area contributed by atoms with Gasteiger partial charge < -0.3 is 9.42 Å². The summed E-state index contributed by atoms with van der Waals surface area (Å²) in [5, 5.41) is 4.09. The van der Waals surface area contributed by atoms with E-state index in [4.69, 9.17) is 4.52 Å². The smallest absolute Gasteiger partial charge is 0.342 e. The molecule has 0 aliphatic carbocycles. The fourth-order valence-electron chi connectivity index (χ4n) is 4.12. The van der Waals surface area contributed by atoms with Crippen molar-refractivity contribution in [2.75, 3.05) is 13.1 Å². The molecule has 0 spiro atoms. The largest absolute Gasteiger partial charge is 0.416 e. The van der Waals surface area contributed by atoms with Crippen LogP contribution in [0.4, 0.5) is 13.2 Å². The Bertz CT molecular complexity index is 1090. The number of hydrogen-bond acceptors (Lipinski definition) is 4. The summed E-state index contributed by atoms with van der Waals surface area (Å²) in [6.07, 6.45) is -2.15. The van der Waals surface area contributed by atoms with Crippen molar-refractivity contribution in [3.05, 3.63) is 71.1 Å². The first kappa shape index (κ1) is 22.0. The van der Waals surface area contributed by atoms with Crippen molar-refractivity contribution < 1.29 is 22.5 Å². The number of carbonyl (C=O) groups is 1. The van der Waals surface area contributed by atoms with Crippen molar-refractivity contribution in [2.45, 2.75) is 38.8 Å². The van der Waals surface area contributed by atoms with Crippen LogP contribution in [-0.4, -0.2) is 34.0 Å². The van der Waals surface area contributed by atoms with E-state index < -0.39 is 11.7 Å². The first-order chi connectivity index (χ1) is 15.3. The minimum absolute atomic E-state index is 0.0470. The van der Waals surface area contributed by atoms with E-state index >= 15 is 0 Å². The lowest BCUT2D eigenvalue weighted by Crippen LogP contribution is -2.41. The van der Waals surface area contributed by atoms with Gasteiger partial charge in [-0.1, -0.05) is 47.6 Å². The van der Waals surface area contributed by atoms with Crippen molar-refractivity contribution >= 4 is 5.91 Å². The lowest BCUT2D eigenvalue weighted by Gasteiger charge is -2.32. The number of alkyl halides is 3. The third-order valence-corrected chi connectivity index (χ3v) is 5.80. The van der Waals surface area contributed by atoms with Gasteiger partial charge in [0.15, 0.2) is 0 Å². The third kappa shape index (κ3) is 5.18. The summed E-state index contributed by atoms with van der Waals surface area (Å²) in [6.45, 7) is 3.12. The van der Waals surface area contributed by atoms with Crippen molar-refractivity contribution in [1.82, 2.24) is 15.0 Å². The van der Waals surface area contributed by atoms with Gasteiger partial charge in [-0.3, -0.25) is 4.79 Å². The van der Waals surface area contributed by atoms with E-state index in [2.05, 4.69) is 10.1 Å². The van der Waals surface area contributed by atoms with Crippen LogP contribution in [0.25, 0.3) is 11.4 Å². The molecule has 1 saturated heterocycles. The normalized spacial score (nSPS) is 16.9. The number of benzene rings is 2. The maximum absolute atomic E-state index is 12.9. The van der Waals surface area contributed by atoms with Gasteiger partial charge in [-0.25, -0.2) is 0 Å². The van der Waals surface area contributed by atoms with Crippen LogP contribution in [0.15, 0.2) is 53.1 Å². The van der Waals surface area contributed by atoms with E-state index in [1.54, 1.807) is 11.0 Å². The highest BCUT2D eigenvalue weighted by molar-refractivity contribution is 5.79. The summed E-state index contributed by atoms with van der Waals surface area (Å²) in [6, 6.07) is 12.8. The minimum atomic E-state index is -4.42. The summed E-state index contributed by atoms with van der Waals surface area (Å²) in [7, 11) is 0. The second-order valence-electron chi connectivity index (χ2n) is 8.25. The molecule has 32 heavy (non-hydrogen) atoms. The zero-order chi connectivity index (χ0) is 22.7. The first-order valence-electron chi connectivity index (χ1n) is 10.6. The molecule has 5 nitrogen and oxygen atoms in total. The molecule has 1 fully saturated rings. The van der Waals surface area contributed by atoms with E-state index in [1.165, 1.54) is 6.07 Å². The molecule has 1 aliphatic rings. The Morgan fingerprint density at radius 3 is 2.78 bits per heavy atom. The second kappa shape index (κ2) is 9.14. The quantitative estimate of drug-likeness (QED) is 0.551. The average Bonchev–Trinajstić information content (AvgIpc) is 3.22. The molecule has 0 radical (unpaired) electrons. The number of nitrogens with zero attached hydrogens (tertiary/aromatic N) is 3. The number of amides is 1. The van der Waals surface area contributed by atoms with Crippen LogP contribution in [0.5, 0.6) is 0 Å².